The van der Waals surface area contributed by atoms with E-state index >= 15 is 0 Å². The van der Waals surface area contributed by atoms with Crippen LogP contribution in [0.3, 0.4) is 0 Å². The summed E-state index contributed by atoms with van der Waals surface area (Å²) < 4.78 is 5.76. The summed E-state index contributed by atoms with van der Waals surface area (Å²) in [7, 11) is 0. The Balaban J connectivity index is 2.18. The van der Waals surface area contributed by atoms with E-state index in [2.05, 4.69) is 4.98 Å². The lowest BCUT2D eigenvalue weighted by molar-refractivity contribution is 0.451. The molecule has 0 fully saturated rings. The Kier molecular flexibility index (Phi) is 4.23. The molecule has 0 aliphatic carbocycles. The van der Waals surface area contributed by atoms with Crippen molar-refractivity contribution in [3.05, 3.63) is 48.2 Å². The number of aromatic nitrogens is 1. The Morgan fingerprint density at radius 2 is 2.00 bits per heavy atom. The van der Waals surface area contributed by atoms with Crippen LogP contribution in [0.15, 0.2) is 47.5 Å². The Morgan fingerprint density at radius 1 is 1.22 bits per heavy atom. The summed E-state index contributed by atoms with van der Waals surface area (Å²) in [6.45, 7) is 1.93. The summed E-state index contributed by atoms with van der Waals surface area (Å²) in [6, 6.07) is 11.7. The minimum atomic E-state index is -0.00923. The second-order valence-electron chi connectivity index (χ2n) is 3.97. The molecule has 1 heterocycles. The number of para-hydroxylation sites is 1. The van der Waals surface area contributed by atoms with Gasteiger partial charge in [0.1, 0.15) is 5.75 Å². The van der Waals surface area contributed by atoms with Gasteiger partial charge >= 0.3 is 0 Å². The molecule has 0 spiro atoms. The predicted molar refractivity (Wildman–Crippen MR) is 75.1 cm³/mol. The van der Waals surface area contributed by atoms with Gasteiger partial charge in [-0.2, -0.15) is 0 Å². The second kappa shape index (κ2) is 5.89. The highest BCUT2D eigenvalue weighted by Gasteiger charge is 2.05. The standard InChI is InChI=1S/C14H16N2OS/c1-10(15)11-7-8-14(16-9-11)17-12-5-3-4-6-13(12)18-2/h3-10H,15H2,1-2H3/t10-/m0/s1. The zero-order valence-electron chi connectivity index (χ0n) is 10.5. The number of nitrogens with zero attached hydrogens (tertiary/aromatic N) is 1. The summed E-state index contributed by atoms with van der Waals surface area (Å²) in [4.78, 5) is 5.35. The molecule has 1 aromatic carbocycles. The Bertz CT molecular complexity index is 511. The van der Waals surface area contributed by atoms with Crippen molar-refractivity contribution in [2.45, 2.75) is 17.9 Å². The van der Waals surface area contributed by atoms with Crippen LogP contribution in [0.2, 0.25) is 0 Å². The fourth-order valence-electron chi connectivity index (χ4n) is 1.54. The van der Waals surface area contributed by atoms with Gasteiger partial charge in [-0.3, -0.25) is 0 Å². The largest absolute Gasteiger partial charge is 0.438 e. The highest BCUT2D eigenvalue weighted by molar-refractivity contribution is 7.98. The molecule has 2 rings (SSSR count). The number of hydrogen-bond acceptors (Lipinski definition) is 4. The van der Waals surface area contributed by atoms with Crippen LogP contribution >= 0.6 is 11.8 Å². The van der Waals surface area contributed by atoms with Crippen LogP contribution < -0.4 is 10.5 Å². The van der Waals surface area contributed by atoms with E-state index in [4.69, 9.17) is 10.5 Å². The van der Waals surface area contributed by atoms with Crippen molar-refractivity contribution in [2.75, 3.05) is 6.26 Å². The fraction of sp³-hybridized carbons (Fsp3) is 0.214. The third-order valence-electron chi connectivity index (χ3n) is 2.57. The van der Waals surface area contributed by atoms with Crippen molar-refractivity contribution < 1.29 is 4.74 Å². The quantitative estimate of drug-likeness (QED) is 0.853. The third kappa shape index (κ3) is 3.03. The van der Waals surface area contributed by atoms with Crippen molar-refractivity contribution in [2.24, 2.45) is 5.73 Å². The Hall–Kier alpha value is -1.52. The number of thioether (sulfide) groups is 1. The monoisotopic (exact) mass is 260 g/mol. The summed E-state index contributed by atoms with van der Waals surface area (Å²) in [6.07, 6.45) is 3.77. The lowest BCUT2D eigenvalue weighted by Crippen LogP contribution is -2.05. The van der Waals surface area contributed by atoms with Crippen LogP contribution in [0, 0.1) is 0 Å². The van der Waals surface area contributed by atoms with Crippen LogP contribution in [0.4, 0.5) is 0 Å². The average molecular weight is 260 g/mol. The number of nitrogens with two attached hydrogens (primary N) is 1. The number of rotatable bonds is 4. The molecule has 1 atom stereocenters. The van der Waals surface area contributed by atoms with Crippen LogP contribution in [-0.2, 0) is 0 Å². The Morgan fingerprint density at radius 3 is 2.61 bits per heavy atom. The van der Waals surface area contributed by atoms with Gasteiger partial charge in [0.15, 0.2) is 0 Å². The van der Waals surface area contributed by atoms with E-state index in [9.17, 15) is 0 Å². The van der Waals surface area contributed by atoms with E-state index in [1.807, 2.05) is 49.6 Å². The van der Waals surface area contributed by atoms with Crippen molar-refractivity contribution in [3.8, 4) is 11.6 Å². The van der Waals surface area contributed by atoms with Crippen molar-refractivity contribution in [3.63, 3.8) is 0 Å². The van der Waals surface area contributed by atoms with Gasteiger partial charge in [-0.05, 0) is 30.9 Å². The van der Waals surface area contributed by atoms with Gasteiger partial charge in [0.2, 0.25) is 5.88 Å². The maximum absolute atomic E-state index is 5.78. The predicted octanol–water partition coefficient (Wildman–Crippen LogP) is 3.62. The molecule has 0 saturated heterocycles. The van der Waals surface area contributed by atoms with Gasteiger partial charge in [-0.1, -0.05) is 18.2 Å². The van der Waals surface area contributed by atoms with E-state index in [0.29, 0.717) is 5.88 Å². The van der Waals surface area contributed by atoms with Crippen molar-refractivity contribution in [1.29, 1.82) is 0 Å². The molecule has 4 heteroatoms. The van der Waals surface area contributed by atoms with Gasteiger partial charge < -0.3 is 10.5 Å². The van der Waals surface area contributed by atoms with Gasteiger partial charge in [0.25, 0.3) is 0 Å². The van der Waals surface area contributed by atoms with E-state index in [1.165, 1.54) is 0 Å². The normalized spacial score (nSPS) is 12.2. The molecule has 3 nitrogen and oxygen atoms in total. The molecule has 0 radical (unpaired) electrons. The van der Waals surface area contributed by atoms with Crippen LogP contribution in [0.1, 0.15) is 18.5 Å². The molecule has 0 saturated carbocycles. The molecule has 0 unspecified atom stereocenters. The molecule has 0 bridgehead atoms. The van der Waals surface area contributed by atoms with E-state index in [0.717, 1.165) is 16.2 Å². The molecular weight excluding hydrogens is 244 g/mol. The number of hydrogen-bond donors (Lipinski definition) is 1. The number of pyridine rings is 1. The minimum Gasteiger partial charge on any atom is -0.438 e. The summed E-state index contributed by atoms with van der Waals surface area (Å²) in [5.41, 5.74) is 6.78. The SMILES string of the molecule is CSc1ccccc1Oc1ccc([C@H](C)N)cn1. The second-order valence-corrected chi connectivity index (χ2v) is 4.82. The highest BCUT2D eigenvalue weighted by atomic mass is 32.2. The molecule has 0 aliphatic heterocycles. The van der Waals surface area contributed by atoms with Gasteiger partial charge in [-0.15, -0.1) is 11.8 Å². The molecule has 2 aromatic rings. The first-order valence-corrected chi connectivity index (χ1v) is 6.95. The van der Waals surface area contributed by atoms with E-state index < -0.39 is 0 Å². The first-order valence-electron chi connectivity index (χ1n) is 5.73. The molecule has 2 N–H and O–H groups in total. The molecule has 18 heavy (non-hydrogen) atoms. The van der Waals surface area contributed by atoms with Gasteiger partial charge in [0, 0.05) is 23.2 Å². The smallest absolute Gasteiger partial charge is 0.219 e. The topological polar surface area (TPSA) is 48.1 Å². The molecular formula is C14H16N2OS. The first kappa shape index (κ1) is 12.9. The lowest BCUT2D eigenvalue weighted by Gasteiger charge is -2.09. The summed E-state index contributed by atoms with van der Waals surface area (Å²) >= 11 is 1.65. The van der Waals surface area contributed by atoms with Crippen molar-refractivity contribution in [1.82, 2.24) is 4.98 Å². The molecule has 1 aromatic heterocycles. The maximum atomic E-state index is 5.78. The van der Waals surface area contributed by atoms with E-state index in [-0.39, 0.29) is 6.04 Å². The fourth-order valence-corrected chi connectivity index (χ4v) is 2.06. The van der Waals surface area contributed by atoms with Crippen LogP contribution in [0.5, 0.6) is 11.6 Å². The van der Waals surface area contributed by atoms with Gasteiger partial charge in [-0.25, -0.2) is 4.98 Å². The zero-order chi connectivity index (χ0) is 13.0. The molecule has 0 aliphatic rings. The van der Waals surface area contributed by atoms with Crippen LogP contribution in [0.25, 0.3) is 0 Å². The van der Waals surface area contributed by atoms with Crippen molar-refractivity contribution >= 4 is 11.8 Å². The number of benzene rings is 1. The zero-order valence-corrected chi connectivity index (χ0v) is 11.3. The number of ether oxygens (including phenoxy) is 1. The highest BCUT2D eigenvalue weighted by Crippen LogP contribution is 2.30. The lowest BCUT2D eigenvalue weighted by atomic mass is 10.2. The van der Waals surface area contributed by atoms with Gasteiger partial charge in [0.05, 0.1) is 0 Å². The minimum absolute atomic E-state index is 0.00923. The van der Waals surface area contributed by atoms with E-state index in [1.54, 1.807) is 18.0 Å². The van der Waals surface area contributed by atoms with Crippen LogP contribution in [-0.4, -0.2) is 11.2 Å². The average Bonchev–Trinajstić information content (AvgIpc) is 2.40. The summed E-state index contributed by atoms with van der Waals surface area (Å²) in [5.74, 6) is 1.41. The molecule has 94 valence electrons. The third-order valence-corrected chi connectivity index (χ3v) is 3.35. The summed E-state index contributed by atoms with van der Waals surface area (Å²) in [5, 5.41) is 0. The first-order chi connectivity index (χ1) is 8.70. The Labute approximate surface area is 111 Å². The maximum Gasteiger partial charge on any atom is 0.219 e. The molecule has 0 amide bonds.